The molecule has 0 aliphatic heterocycles. The average Bonchev–Trinajstić information content (AvgIpc) is 2.36. The quantitative estimate of drug-likeness (QED) is 0.748. The third-order valence-corrected chi connectivity index (χ3v) is 4.70. The fourth-order valence-corrected chi connectivity index (χ4v) is 2.88. The Bertz CT molecular complexity index is 211. The van der Waals surface area contributed by atoms with Crippen molar-refractivity contribution < 1.29 is 5.11 Å². The minimum Gasteiger partial charge on any atom is -0.396 e. The highest BCUT2D eigenvalue weighted by molar-refractivity contribution is 4.85. The molecule has 0 radical (unpaired) electrons. The van der Waals surface area contributed by atoms with Gasteiger partial charge in [0.2, 0.25) is 0 Å². The first-order valence-electron chi connectivity index (χ1n) is 7.36. The van der Waals surface area contributed by atoms with Gasteiger partial charge in [0.1, 0.15) is 0 Å². The van der Waals surface area contributed by atoms with Crippen LogP contribution in [0.25, 0.3) is 0 Å². The van der Waals surface area contributed by atoms with E-state index in [1.54, 1.807) is 0 Å². The van der Waals surface area contributed by atoms with Crippen molar-refractivity contribution in [3.8, 4) is 0 Å². The Kier molecular flexibility index (Phi) is 5.94. The Morgan fingerprint density at radius 2 is 1.94 bits per heavy atom. The van der Waals surface area contributed by atoms with Crippen molar-refractivity contribution in [1.29, 1.82) is 0 Å². The minimum atomic E-state index is 0.0545. The second-order valence-electron chi connectivity index (χ2n) is 6.50. The van der Waals surface area contributed by atoms with Crippen LogP contribution in [0.15, 0.2) is 0 Å². The van der Waals surface area contributed by atoms with Gasteiger partial charge in [0, 0.05) is 24.6 Å². The van der Waals surface area contributed by atoms with Crippen LogP contribution in [-0.4, -0.2) is 24.3 Å². The molecule has 0 saturated heterocycles. The molecule has 3 unspecified atom stereocenters. The maximum Gasteiger partial charge on any atom is 0.0496 e. The summed E-state index contributed by atoms with van der Waals surface area (Å²) in [5.41, 5.74) is 0.0545. The lowest BCUT2D eigenvalue weighted by molar-refractivity contribution is 0.116. The zero-order chi connectivity index (χ0) is 12.9. The largest absolute Gasteiger partial charge is 0.396 e. The van der Waals surface area contributed by atoms with Gasteiger partial charge in [0.25, 0.3) is 0 Å². The lowest BCUT2D eigenvalue weighted by Crippen LogP contribution is -2.46. The summed E-state index contributed by atoms with van der Waals surface area (Å²) in [5.74, 6) is 1.60. The van der Waals surface area contributed by atoms with Gasteiger partial charge in [-0.3, -0.25) is 0 Å². The van der Waals surface area contributed by atoms with Gasteiger partial charge in [-0.2, -0.15) is 0 Å². The minimum absolute atomic E-state index is 0.0545. The molecule has 1 fully saturated rings. The summed E-state index contributed by atoms with van der Waals surface area (Å²) in [6, 6.07) is 0.668. The van der Waals surface area contributed by atoms with Crippen LogP contribution < -0.4 is 5.32 Å². The molecule has 0 amide bonds. The third kappa shape index (κ3) is 4.26. The number of aliphatic hydroxyl groups is 1. The van der Waals surface area contributed by atoms with Crippen LogP contribution in [-0.2, 0) is 0 Å². The first-order chi connectivity index (χ1) is 8.02. The number of nitrogens with one attached hydrogen (secondary N) is 1. The first-order valence-corrected chi connectivity index (χ1v) is 7.36. The highest BCUT2D eigenvalue weighted by Crippen LogP contribution is 2.31. The maximum atomic E-state index is 9.45. The monoisotopic (exact) mass is 241 g/mol. The van der Waals surface area contributed by atoms with Gasteiger partial charge < -0.3 is 10.4 Å². The predicted octanol–water partition coefficient (Wildman–Crippen LogP) is 3.20. The Morgan fingerprint density at radius 3 is 2.47 bits per heavy atom. The molecule has 0 heterocycles. The van der Waals surface area contributed by atoms with Crippen LogP contribution in [0.1, 0.15) is 59.8 Å². The summed E-state index contributed by atoms with van der Waals surface area (Å²) in [6.45, 7) is 10.3. The van der Waals surface area contributed by atoms with Crippen molar-refractivity contribution >= 4 is 0 Å². The van der Waals surface area contributed by atoms with Gasteiger partial charge in [0.05, 0.1) is 0 Å². The van der Waals surface area contributed by atoms with E-state index in [1.807, 2.05) is 0 Å². The SMILES string of the molecule is CCC(C)(CO)CNC1CCCCC1C(C)C. The lowest BCUT2D eigenvalue weighted by atomic mass is 9.77. The van der Waals surface area contributed by atoms with E-state index >= 15 is 0 Å². The Labute approximate surface area is 107 Å². The van der Waals surface area contributed by atoms with Gasteiger partial charge in [0.15, 0.2) is 0 Å². The topological polar surface area (TPSA) is 32.3 Å². The molecule has 0 aromatic carbocycles. The normalized spacial score (nSPS) is 29.3. The predicted molar refractivity (Wildman–Crippen MR) is 74.1 cm³/mol. The molecule has 1 saturated carbocycles. The number of hydrogen-bond donors (Lipinski definition) is 2. The number of rotatable bonds is 6. The molecule has 0 aromatic heterocycles. The van der Waals surface area contributed by atoms with Crippen molar-refractivity contribution in [3.63, 3.8) is 0 Å². The summed E-state index contributed by atoms with van der Waals surface area (Å²) in [4.78, 5) is 0. The molecule has 2 N–H and O–H groups in total. The Balaban J connectivity index is 2.48. The highest BCUT2D eigenvalue weighted by Gasteiger charge is 2.29. The second-order valence-corrected chi connectivity index (χ2v) is 6.50. The summed E-state index contributed by atoms with van der Waals surface area (Å²) in [6.07, 6.45) is 6.48. The molecule has 2 heteroatoms. The summed E-state index contributed by atoms with van der Waals surface area (Å²) in [5, 5.41) is 13.2. The smallest absolute Gasteiger partial charge is 0.0496 e. The van der Waals surface area contributed by atoms with Crippen molar-refractivity contribution in [3.05, 3.63) is 0 Å². The van der Waals surface area contributed by atoms with E-state index in [9.17, 15) is 5.11 Å². The van der Waals surface area contributed by atoms with Crippen LogP contribution in [0.3, 0.4) is 0 Å². The molecule has 1 rings (SSSR count). The van der Waals surface area contributed by atoms with E-state index in [2.05, 4.69) is 33.0 Å². The summed E-state index contributed by atoms with van der Waals surface area (Å²) >= 11 is 0. The van der Waals surface area contributed by atoms with Crippen LogP contribution in [0, 0.1) is 17.3 Å². The van der Waals surface area contributed by atoms with E-state index in [0.717, 1.165) is 24.8 Å². The third-order valence-electron chi connectivity index (χ3n) is 4.70. The summed E-state index contributed by atoms with van der Waals surface area (Å²) in [7, 11) is 0. The fraction of sp³-hybridized carbons (Fsp3) is 1.00. The molecule has 0 spiro atoms. The van der Waals surface area contributed by atoms with Crippen LogP contribution in [0.2, 0.25) is 0 Å². The van der Waals surface area contributed by atoms with Crippen LogP contribution in [0.4, 0.5) is 0 Å². The average molecular weight is 241 g/mol. The Hall–Kier alpha value is -0.0800. The van der Waals surface area contributed by atoms with E-state index in [0.29, 0.717) is 6.04 Å². The standard InChI is InChI=1S/C15H31NO/c1-5-15(4,11-17)10-16-14-9-7-6-8-13(14)12(2)3/h12-14,16-17H,5-11H2,1-4H3. The summed E-state index contributed by atoms with van der Waals surface area (Å²) < 4.78 is 0. The van der Waals surface area contributed by atoms with E-state index in [-0.39, 0.29) is 12.0 Å². The van der Waals surface area contributed by atoms with Gasteiger partial charge >= 0.3 is 0 Å². The van der Waals surface area contributed by atoms with Crippen molar-refractivity contribution in [2.45, 2.75) is 65.8 Å². The van der Waals surface area contributed by atoms with Crippen LogP contribution in [0.5, 0.6) is 0 Å². The van der Waals surface area contributed by atoms with Gasteiger partial charge in [-0.15, -0.1) is 0 Å². The fourth-order valence-electron chi connectivity index (χ4n) is 2.88. The van der Waals surface area contributed by atoms with E-state index in [1.165, 1.54) is 25.7 Å². The molecular weight excluding hydrogens is 210 g/mol. The molecule has 102 valence electrons. The number of hydrogen-bond acceptors (Lipinski definition) is 2. The number of aliphatic hydroxyl groups excluding tert-OH is 1. The van der Waals surface area contributed by atoms with Crippen molar-refractivity contribution in [2.24, 2.45) is 17.3 Å². The lowest BCUT2D eigenvalue weighted by Gasteiger charge is -2.37. The maximum absolute atomic E-state index is 9.45. The van der Waals surface area contributed by atoms with Gasteiger partial charge in [-0.25, -0.2) is 0 Å². The molecule has 0 bridgehead atoms. The zero-order valence-corrected chi connectivity index (χ0v) is 12.1. The molecular formula is C15H31NO. The van der Waals surface area contributed by atoms with Crippen LogP contribution >= 0.6 is 0 Å². The first kappa shape index (κ1) is 15.0. The van der Waals surface area contributed by atoms with E-state index < -0.39 is 0 Å². The highest BCUT2D eigenvalue weighted by atomic mass is 16.3. The molecule has 3 atom stereocenters. The van der Waals surface area contributed by atoms with E-state index in [4.69, 9.17) is 0 Å². The second kappa shape index (κ2) is 6.75. The van der Waals surface area contributed by atoms with Crippen molar-refractivity contribution in [2.75, 3.05) is 13.2 Å². The molecule has 1 aliphatic rings. The van der Waals surface area contributed by atoms with Crippen molar-refractivity contribution in [1.82, 2.24) is 5.32 Å². The molecule has 1 aliphatic carbocycles. The zero-order valence-electron chi connectivity index (χ0n) is 12.1. The molecule has 17 heavy (non-hydrogen) atoms. The molecule has 2 nitrogen and oxygen atoms in total. The Morgan fingerprint density at radius 1 is 1.29 bits per heavy atom. The molecule has 0 aromatic rings. The van der Waals surface area contributed by atoms with Gasteiger partial charge in [-0.05, 0) is 31.1 Å². The van der Waals surface area contributed by atoms with Gasteiger partial charge in [-0.1, -0.05) is 40.5 Å².